The molecule has 0 spiro atoms. The molecule has 4 heteroatoms. The average Bonchev–Trinajstić information content (AvgIpc) is 2.82. The summed E-state index contributed by atoms with van der Waals surface area (Å²) < 4.78 is 0. The van der Waals surface area contributed by atoms with Crippen LogP contribution in [-0.4, -0.2) is 11.5 Å². The van der Waals surface area contributed by atoms with Gasteiger partial charge in [0.2, 0.25) is 0 Å². The molecule has 1 unspecified atom stereocenters. The second-order valence-corrected chi connectivity index (χ2v) is 5.00. The molecule has 0 amide bonds. The van der Waals surface area contributed by atoms with E-state index in [-0.39, 0.29) is 6.04 Å². The first-order valence-corrected chi connectivity index (χ1v) is 6.98. The maximum Gasteiger partial charge on any atom is 0.0762 e. The fourth-order valence-corrected chi connectivity index (χ4v) is 2.75. The van der Waals surface area contributed by atoms with E-state index < -0.39 is 0 Å². The zero-order chi connectivity index (χ0) is 12.1. The molecule has 2 heterocycles. The van der Waals surface area contributed by atoms with E-state index >= 15 is 0 Å². The van der Waals surface area contributed by atoms with Crippen molar-refractivity contribution in [3.8, 4) is 0 Å². The number of thiophene rings is 1. The van der Waals surface area contributed by atoms with Gasteiger partial charge in [0, 0.05) is 6.20 Å². The van der Waals surface area contributed by atoms with Crippen LogP contribution in [0.25, 0.3) is 0 Å². The third-order valence-electron chi connectivity index (χ3n) is 2.59. The van der Waals surface area contributed by atoms with E-state index in [1.165, 1.54) is 5.56 Å². The van der Waals surface area contributed by atoms with Gasteiger partial charge in [-0.05, 0) is 47.5 Å². The molecule has 0 aromatic carbocycles. The number of rotatable bonds is 5. The summed E-state index contributed by atoms with van der Waals surface area (Å²) in [5.74, 6) is 0. The summed E-state index contributed by atoms with van der Waals surface area (Å²) in [6, 6.07) is 6.08. The SMILES string of the molecule is CCNC(Cc1ccsc1)c1ncccc1Cl. The molecule has 0 radical (unpaired) electrons. The van der Waals surface area contributed by atoms with Gasteiger partial charge < -0.3 is 5.32 Å². The summed E-state index contributed by atoms with van der Waals surface area (Å²) in [6.45, 7) is 3.00. The van der Waals surface area contributed by atoms with E-state index in [9.17, 15) is 0 Å². The van der Waals surface area contributed by atoms with Crippen LogP contribution in [0.2, 0.25) is 5.02 Å². The minimum absolute atomic E-state index is 0.184. The van der Waals surface area contributed by atoms with E-state index in [1.54, 1.807) is 17.5 Å². The maximum atomic E-state index is 6.19. The Balaban J connectivity index is 2.20. The van der Waals surface area contributed by atoms with Crippen LogP contribution in [0, 0.1) is 0 Å². The van der Waals surface area contributed by atoms with E-state index in [0.717, 1.165) is 23.7 Å². The quantitative estimate of drug-likeness (QED) is 0.893. The lowest BCUT2D eigenvalue weighted by Gasteiger charge is -2.17. The summed E-state index contributed by atoms with van der Waals surface area (Å²) in [5, 5.41) is 8.43. The molecule has 17 heavy (non-hydrogen) atoms. The molecule has 2 rings (SSSR count). The number of likely N-dealkylation sites (N-methyl/N-ethyl adjacent to an activating group) is 1. The first-order valence-electron chi connectivity index (χ1n) is 5.66. The number of pyridine rings is 1. The molecule has 1 atom stereocenters. The van der Waals surface area contributed by atoms with Gasteiger partial charge in [0.05, 0.1) is 16.8 Å². The first kappa shape index (κ1) is 12.6. The van der Waals surface area contributed by atoms with Crippen molar-refractivity contribution in [2.75, 3.05) is 6.54 Å². The Bertz CT molecular complexity index is 456. The van der Waals surface area contributed by atoms with Crippen molar-refractivity contribution in [2.24, 2.45) is 0 Å². The summed E-state index contributed by atoms with van der Waals surface area (Å²) >= 11 is 7.91. The molecule has 0 aliphatic rings. The number of hydrogen-bond donors (Lipinski definition) is 1. The monoisotopic (exact) mass is 266 g/mol. The molecule has 0 fully saturated rings. The number of nitrogens with one attached hydrogen (secondary N) is 1. The Labute approximate surface area is 111 Å². The predicted octanol–water partition coefficient (Wildman–Crippen LogP) is 3.69. The predicted molar refractivity (Wildman–Crippen MR) is 73.7 cm³/mol. The number of hydrogen-bond acceptors (Lipinski definition) is 3. The standard InChI is InChI=1S/C13H15ClN2S/c1-2-15-12(8-10-5-7-17-9-10)13-11(14)4-3-6-16-13/h3-7,9,12,15H,2,8H2,1H3. The second kappa shape index (κ2) is 6.15. The lowest BCUT2D eigenvalue weighted by Crippen LogP contribution is -2.24. The molecule has 0 aliphatic carbocycles. The molecule has 90 valence electrons. The van der Waals surface area contributed by atoms with Gasteiger partial charge in [-0.3, -0.25) is 4.98 Å². The zero-order valence-corrected chi connectivity index (χ0v) is 11.3. The molecule has 2 aromatic rings. The highest BCUT2D eigenvalue weighted by molar-refractivity contribution is 7.07. The number of aromatic nitrogens is 1. The van der Waals surface area contributed by atoms with Gasteiger partial charge in [-0.1, -0.05) is 18.5 Å². The van der Waals surface area contributed by atoms with Crippen LogP contribution in [0.5, 0.6) is 0 Å². The average molecular weight is 267 g/mol. The van der Waals surface area contributed by atoms with Crippen molar-refractivity contribution >= 4 is 22.9 Å². The van der Waals surface area contributed by atoms with Gasteiger partial charge in [0.1, 0.15) is 0 Å². The topological polar surface area (TPSA) is 24.9 Å². The summed E-state index contributed by atoms with van der Waals surface area (Å²) in [4.78, 5) is 4.39. The molecule has 0 bridgehead atoms. The van der Waals surface area contributed by atoms with Crippen molar-refractivity contribution in [1.29, 1.82) is 0 Å². The molecule has 0 saturated heterocycles. The lowest BCUT2D eigenvalue weighted by atomic mass is 10.1. The van der Waals surface area contributed by atoms with E-state index in [2.05, 4.69) is 34.1 Å². The normalized spacial score (nSPS) is 12.6. The Morgan fingerprint density at radius 2 is 2.35 bits per heavy atom. The fraction of sp³-hybridized carbons (Fsp3) is 0.308. The van der Waals surface area contributed by atoms with E-state index in [1.807, 2.05) is 12.1 Å². The smallest absolute Gasteiger partial charge is 0.0762 e. The van der Waals surface area contributed by atoms with Gasteiger partial charge in [0.15, 0.2) is 0 Å². The third-order valence-corrected chi connectivity index (χ3v) is 3.64. The van der Waals surface area contributed by atoms with Gasteiger partial charge in [-0.15, -0.1) is 0 Å². The lowest BCUT2D eigenvalue weighted by molar-refractivity contribution is 0.537. The van der Waals surface area contributed by atoms with E-state index in [0.29, 0.717) is 0 Å². The highest BCUT2D eigenvalue weighted by atomic mass is 35.5. The molecule has 0 aliphatic heterocycles. The van der Waals surface area contributed by atoms with Crippen molar-refractivity contribution < 1.29 is 0 Å². The van der Waals surface area contributed by atoms with Gasteiger partial charge >= 0.3 is 0 Å². The maximum absolute atomic E-state index is 6.19. The molecule has 2 aromatic heterocycles. The highest BCUT2D eigenvalue weighted by Gasteiger charge is 2.15. The number of nitrogens with zero attached hydrogens (tertiary/aromatic N) is 1. The highest BCUT2D eigenvalue weighted by Crippen LogP contribution is 2.24. The first-order chi connectivity index (χ1) is 8.31. The Morgan fingerprint density at radius 3 is 3.00 bits per heavy atom. The van der Waals surface area contributed by atoms with Crippen LogP contribution in [0.15, 0.2) is 35.2 Å². The zero-order valence-electron chi connectivity index (χ0n) is 9.69. The molecule has 1 N–H and O–H groups in total. The van der Waals surface area contributed by atoms with Crippen LogP contribution >= 0.6 is 22.9 Å². The van der Waals surface area contributed by atoms with Crippen LogP contribution in [0.1, 0.15) is 24.2 Å². The van der Waals surface area contributed by atoms with Crippen LogP contribution in [0.3, 0.4) is 0 Å². The van der Waals surface area contributed by atoms with Gasteiger partial charge in [0.25, 0.3) is 0 Å². The Hall–Kier alpha value is -0.900. The largest absolute Gasteiger partial charge is 0.309 e. The third kappa shape index (κ3) is 3.28. The Morgan fingerprint density at radius 1 is 1.47 bits per heavy atom. The van der Waals surface area contributed by atoms with Crippen molar-refractivity contribution in [1.82, 2.24) is 10.3 Å². The minimum atomic E-state index is 0.184. The van der Waals surface area contributed by atoms with Crippen LogP contribution < -0.4 is 5.32 Å². The molecular weight excluding hydrogens is 252 g/mol. The van der Waals surface area contributed by atoms with Crippen LogP contribution in [-0.2, 0) is 6.42 Å². The summed E-state index contributed by atoms with van der Waals surface area (Å²) in [6.07, 6.45) is 2.72. The number of halogens is 1. The second-order valence-electron chi connectivity index (χ2n) is 3.82. The van der Waals surface area contributed by atoms with Crippen molar-refractivity contribution in [3.05, 3.63) is 51.4 Å². The molecular formula is C13H15ClN2S. The summed E-state index contributed by atoms with van der Waals surface area (Å²) in [5.41, 5.74) is 2.25. The molecule has 2 nitrogen and oxygen atoms in total. The van der Waals surface area contributed by atoms with Gasteiger partial charge in [-0.25, -0.2) is 0 Å². The van der Waals surface area contributed by atoms with Crippen LogP contribution in [0.4, 0.5) is 0 Å². The fourth-order valence-electron chi connectivity index (χ4n) is 1.81. The minimum Gasteiger partial charge on any atom is -0.309 e. The van der Waals surface area contributed by atoms with E-state index in [4.69, 9.17) is 11.6 Å². The summed E-state index contributed by atoms with van der Waals surface area (Å²) in [7, 11) is 0. The molecule has 0 saturated carbocycles. The van der Waals surface area contributed by atoms with Gasteiger partial charge in [-0.2, -0.15) is 11.3 Å². The Kier molecular flexibility index (Phi) is 4.54. The van der Waals surface area contributed by atoms with Crippen molar-refractivity contribution in [2.45, 2.75) is 19.4 Å². The van der Waals surface area contributed by atoms with Crippen molar-refractivity contribution in [3.63, 3.8) is 0 Å².